The Balaban J connectivity index is 1.82. The molecule has 0 fully saturated rings. The Morgan fingerprint density at radius 2 is 1.86 bits per heavy atom. The van der Waals surface area contributed by atoms with Crippen molar-refractivity contribution >= 4 is 22.7 Å². The van der Waals surface area contributed by atoms with E-state index in [1.54, 1.807) is 0 Å². The molecule has 0 aliphatic rings. The Labute approximate surface area is 136 Å². The van der Waals surface area contributed by atoms with E-state index in [2.05, 4.69) is 59.1 Å². The van der Waals surface area contributed by atoms with Crippen LogP contribution in [0.15, 0.2) is 35.0 Å². The second-order valence-electron chi connectivity index (χ2n) is 5.19. The third-order valence-corrected chi connectivity index (χ3v) is 5.69. The van der Waals surface area contributed by atoms with Crippen LogP contribution >= 0.6 is 22.7 Å². The fourth-order valence-corrected chi connectivity index (χ4v) is 4.07. The van der Waals surface area contributed by atoms with Gasteiger partial charge in [-0.2, -0.15) is 0 Å². The zero-order chi connectivity index (χ0) is 14.9. The van der Waals surface area contributed by atoms with Crippen molar-refractivity contribution in [3.05, 3.63) is 44.8 Å². The van der Waals surface area contributed by atoms with E-state index >= 15 is 0 Å². The summed E-state index contributed by atoms with van der Waals surface area (Å²) in [5.74, 6) is 0. The van der Waals surface area contributed by atoms with Crippen LogP contribution in [0.5, 0.6) is 0 Å². The highest BCUT2D eigenvalue weighted by Gasteiger charge is 2.13. The van der Waals surface area contributed by atoms with Crippen LogP contribution in [-0.4, -0.2) is 31.1 Å². The van der Waals surface area contributed by atoms with E-state index < -0.39 is 0 Å². The molecule has 2 aromatic heterocycles. The minimum absolute atomic E-state index is 0.459. The van der Waals surface area contributed by atoms with Crippen LogP contribution in [0.25, 0.3) is 0 Å². The summed E-state index contributed by atoms with van der Waals surface area (Å²) in [4.78, 5) is 5.40. The van der Waals surface area contributed by atoms with Crippen LogP contribution in [0.2, 0.25) is 0 Å². The normalized spacial score (nSPS) is 12.9. The molecule has 0 amide bonds. The van der Waals surface area contributed by atoms with Crippen molar-refractivity contribution < 1.29 is 0 Å². The molecule has 2 heterocycles. The molecule has 0 spiro atoms. The van der Waals surface area contributed by atoms with E-state index in [9.17, 15) is 0 Å². The Morgan fingerprint density at radius 3 is 2.48 bits per heavy atom. The number of hydrogen-bond acceptors (Lipinski definition) is 4. The number of hydrogen-bond donors (Lipinski definition) is 1. The topological polar surface area (TPSA) is 15.3 Å². The first-order valence-electron chi connectivity index (χ1n) is 7.85. The highest BCUT2D eigenvalue weighted by Crippen LogP contribution is 2.24. The van der Waals surface area contributed by atoms with Crippen molar-refractivity contribution in [2.24, 2.45) is 0 Å². The van der Waals surface area contributed by atoms with Gasteiger partial charge in [0.1, 0.15) is 0 Å². The predicted molar refractivity (Wildman–Crippen MR) is 95.5 cm³/mol. The van der Waals surface area contributed by atoms with Gasteiger partial charge in [-0.3, -0.25) is 0 Å². The smallest absolute Gasteiger partial charge is 0.0463 e. The molecule has 4 heteroatoms. The van der Waals surface area contributed by atoms with E-state index in [1.165, 1.54) is 22.7 Å². The largest absolute Gasteiger partial charge is 0.309 e. The zero-order valence-corrected chi connectivity index (χ0v) is 14.7. The van der Waals surface area contributed by atoms with Crippen LogP contribution in [0, 0.1) is 0 Å². The molecule has 1 unspecified atom stereocenters. The monoisotopic (exact) mass is 322 g/mol. The molecule has 21 heavy (non-hydrogen) atoms. The average Bonchev–Trinajstić information content (AvgIpc) is 3.19. The number of rotatable bonds is 10. The van der Waals surface area contributed by atoms with Gasteiger partial charge in [0.2, 0.25) is 0 Å². The van der Waals surface area contributed by atoms with Crippen molar-refractivity contribution in [1.82, 2.24) is 10.2 Å². The molecule has 0 radical (unpaired) electrons. The van der Waals surface area contributed by atoms with Crippen molar-refractivity contribution in [2.75, 3.05) is 26.2 Å². The van der Waals surface area contributed by atoms with E-state index in [4.69, 9.17) is 0 Å². The van der Waals surface area contributed by atoms with Gasteiger partial charge in [-0.25, -0.2) is 0 Å². The SMILES string of the molecule is CCN(CC)CCCNC(Cc1cccs1)c1cccs1. The Bertz CT molecular complexity index is 461. The molecule has 2 aromatic rings. The molecule has 1 atom stereocenters. The highest BCUT2D eigenvalue weighted by molar-refractivity contribution is 7.10. The van der Waals surface area contributed by atoms with Crippen molar-refractivity contribution in [3.8, 4) is 0 Å². The molecule has 0 aliphatic carbocycles. The first-order chi connectivity index (χ1) is 10.3. The van der Waals surface area contributed by atoms with Crippen LogP contribution in [0.1, 0.15) is 36.1 Å². The zero-order valence-electron chi connectivity index (χ0n) is 13.0. The van der Waals surface area contributed by atoms with E-state index in [0.717, 1.165) is 26.1 Å². The second kappa shape index (κ2) is 9.36. The minimum atomic E-state index is 0.459. The maximum Gasteiger partial charge on any atom is 0.0463 e. The third-order valence-electron chi connectivity index (χ3n) is 3.81. The summed E-state index contributed by atoms with van der Waals surface area (Å²) < 4.78 is 0. The fourth-order valence-electron chi connectivity index (χ4n) is 2.51. The summed E-state index contributed by atoms with van der Waals surface area (Å²) in [6, 6.07) is 9.24. The summed E-state index contributed by atoms with van der Waals surface area (Å²) in [7, 11) is 0. The molecule has 0 bridgehead atoms. The Morgan fingerprint density at radius 1 is 1.10 bits per heavy atom. The maximum atomic E-state index is 3.75. The molecule has 0 saturated heterocycles. The van der Waals surface area contributed by atoms with E-state index in [1.807, 2.05) is 22.7 Å². The molecule has 116 valence electrons. The highest BCUT2D eigenvalue weighted by atomic mass is 32.1. The molecule has 0 aromatic carbocycles. The Kier molecular flexibility index (Phi) is 7.44. The lowest BCUT2D eigenvalue weighted by atomic mass is 10.1. The first-order valence-corrected chi connectivity index (χ1v) is 9.61. The number of thiophene rings is 2. The average molecular weight is 323 g/mol. The summed E-state index contributed by atoms with van der Waals surface area (Å²) in [5, 5.41) is 8.10. The van der Waals surface area contributed by atoms with Gasteiger partial charge >= 0.3 is 0 Å². The molecule has 1 N–H and O–H groups in total. The van der Waals surface area contributed by atoms with Crippen LogP contribution in [0.3, 0.4) is 0 Å². The lowest BCUT2D eigenvalue weighted by Gasteiger charge is -2.20. The van der Waals surface area contributed by atoms with Crippen molar-refractivity contribution in [2.45, 2.75) is 32.7 Å². The van der Waals surface area contributed by atoms with E-state index in [0.29, 0.717) is 6.04 Å². The summed E-state index contributed by atoms with van der Waals surface area (Å²) in [6.07, 6.45) is 2.32. The van der Waals surface area contributed by atoms with Gasteiger partial charge in [0.15, 0.2) is 0 Å². The third kappa shape index (κ3) is 5.55. The summed E-state index contributed by atoms with van der Waals surface area (Å²) >= 11 is 3.71. The first kappa shape index (κ1) is 16.7. The Hall–Kier alpha value is -0.680. The van der Waals surface area contributed by atoms with Gasteiger partial charge in [-0.15, -0.1) is 22.7 Å². The van der Waals surface area contributed by atoms with Gasteiger partial charge in [-0.05, 0) is 55.5 Å². The number of nitrogens with one attached hydrogen (secondary N) is 1. The fraction of sp³-hybridized carbons (Fsp3) is 0.529. The maximum absolute atomic E-state index is 3.75. The lowest BCUT2D eigenvalue weighted by molar-refractivity contribution is 0.295. The summed E-state index contributed by atoms with van der Waals surface area (Å²) in [5.41, 5.74) is 0. The predicted octanol–water partition coefficient (Wildman–Crippen LogP) is 4.41. The van der Waals surface area contributed by atoms with Crippen LogP contribution in [-0.2, 0) is 6.42 Å². The van der Waals surface area contributed by atoms with Crippen LogP contribution in [0.4, 0.5) is 0 Å². The molecule has 2 nitrogen and oxygen atoms in total. The van der Waals surface area contributed by atoms with E-state index in [-0.39, 0.29) is 0 Å². The van der Waals surface area contributed by atoms with Crippen LogP contribution < -0.4 is 5.32 Å². The standard InChI is InChI=1S/C17H26N2S2/c1-3-19(4-2)11-7-10-18-16(17-9-6-13-21-17)14-15-8-5-12-20-15/h5-6,8-9,12-13,16,18H,3-4,7,10-11,14H2,1-2H3. The second-order valence-corrected chi connectivity index (χ2v) is 7.20. The van der Waals surface area contributed by atoms with Crippen molar-refractivity contribution in [3.63, 3.8) is 0 Å². The number of nitrogens with zero attached hydrogens (tertiary/aromatic N) is 1. The van der Waals surface area contributed by atoms with Crippen molar-refractivity contribution in [1.29, 1.82) is 0 Å². The van der Waals surface area contributed by atoms with Gasteiger partial charge < -0.3 is 10.2 Å². The molecule has 0 saturated carbocycles. The molecular formula is C17H26N2S2. The molecule has 2 rings (SSSR count). The van der Waals surface area contributed by atoms with Gasteiger partial charge in [0.05, 0.1) is 0 Å². The molecular weight excluding hydrogens is 296 g/mol. The van der Waals surface area contributed by atoms with Gasteiger partial charge in [0.25, 0.3) is 0 Å². The summed E-state index contributed by atoms with van der Waals surface area (Å²) in [6.45, 7) is 9.06. The quantitative estimate of drug-likeness (QED) is 0.652. The molecule has 0 aliphatic heterocycles. The van der Waals surface area contributed by atoms with Gasteiger partial charge in [-0.1, -0.05) is 26.0 Å². The lowest BCUT2D eigenvalue weighted by Crippen LogP contribution is -2.29. The van der Waals surface area contributed by atoms with Gasteiger partial charge in [0, 0.05) is 22.2 Å². The minimum Gasteiger partial charge on any atom is -0.309 e.